The number of nitrogens with zero attached hydrogens (tertiary/aromatic N) is 1. The second-order valence-electron chi connectivity index (χ2n) is 5.17. The second-order valence-corrected chi connectivity index (χ2v) is 5.17. The standard InChI is InChI=1S/C13H24N2O/c16-13(12-6-7-12)14-8-5-11-15-9-3-1-2-4-10-15/h12H,1-11H2,(H,14,16). The third kappa shape index (κ3) is 4.12. The molecule has 1 amide bonds. The van der Waals surface area contributed by atoms with Gasteiger partial charge in [0.25, 0.3) is 0 Å². The van der Waals surface area contributed by atoms with Gasteiger partial charge in [0.05, 0.1) is 0 Å². The molecular weight excluding hydrogens is 200 g/mol. The molecule has 0 aromatic rings. The van der Waals surface area contributed by atoms with Crippen LogP contribution in [0.2, 0.25) is 0 Å². The van der Waals surface area contributed by atoms with Crippen LogP contribution in [0.5, 0.6) is 0 Å². The number of hydrogen-bond donors (Lipinski definition) is 1. The Bertz CT molecular complexity index is 218. The first-order valence-corrected chi connectivity index (χ1v) is 6.86. The molecule has 16 heavy (non-hydrogen) atoms. The number of carbonyl (C=O) groups is 1. The Morgan fingerprint density at radius 2 is 1.81 bits per heavy atom. The van der Waals surface area contributed by atoms with Crippen molar-refractivity contribution in [2.24, 2.45) is 5.92 Å². The molecule has 1 N–H and O–H groups in total. The summed E-state index contributed by atoms with van der Waals surface area (Å²) >= 11 is 0. The zero-order valence-corrected chi connectivity index (χ0v) is 10.2. The van der Waals surface area contributed by atoms with Crippen molar-refractivity contribution in [1.82, 2.24) is 10.2 Å². The summed E-state index contributed by atoms with van der Waals surface area (Å²) in [5.74, 6) is 0.647. The van der Waals surface area contributed by atoms with Crippen LogP contribution in [-0.4, -0.2) is 37.0 Å². The summed E-state index contributed by atoms with van der Waals surface area (Å²) in [4.78, 5) is 13.9. The lowest BCUT2D eigenvalue weighted by Crippen LogP contribution is -2.31. The highest BCUT2D eigenvalue weighted by atomic mass is 16.2. The molecule has 0 aromatic carbocycles. The average Bonchev–Trinajstić information content (AvgIpc) is 3.10. The van der Waals surface area contributed by atoms with E-state index >= 15 is 0 Å². The van der Waals surface area contributed by atoms with E-state index in [1.165, 1.54) is 38.8 Å². The molecule has 0 atom stereocenters. The van der Waals surface area contributed by atoms with Crippen molar-refractivity contribution in [2.75, 3.05) is 26.2 Å². The largest absolute Gasteiger partial charge is 0.356 e. The highest BCUT2D eigenvalue weighted by Gasteiger charge is 2.28. The van der Waals surface area contributed by atoms with Crippen molar-refractivity contribution in [3.8, 4) is 0 Å². The molecule has 0 unspecified atom stereocenters. The van der Waals surface area contributed by atoms with Crippen LogP contribution in [0.3, 0.4) is 0 Å². The van der Waals surface area contributed by atoms with Crippen LogP contribution in [0.15, 0.2) is 0 Å². The minimum Gasteiger partial charge on any atom is -0.356 e. The summed E-state index contributed by atoms with van der Waals surface area (Å²) < 4.78 is 0. The number of amides is 1. The first kappa shape index (κ1) is 11.9. The van der Waals surface area contributed by atoms with Crippen LogP contribution < -0.4 is 5.32 Å². The molecule has 0 radical (unpaired) electrons. The monoisotopic (exact) mass is 224 g/mol. The fourth-order valence-corrected chi connectivity index (χ4v) is 2.36. The molecular formula is C13H24N2O. The molecule has 1 aliphatic heterocycles. The fourth-order valence-electron chi connectivity index (χ4n) is 2.36. The van der Waals surface area contributed by atoms with Crippen molar-refractivity contribution < 1.29 is 4.79 Å². The maximum atomic E-state index is 11.4. The maximum absolute atomic E-state index is 11.4. The normalized spacial score (nSPS) is 22.8. The van der Waals surface area contributed by atoms with Gasteiger partial charge in [-0.3, -0.25) is 4.79 Å². The molecule has 0 aromatic heterocycles. The van der Waals surface area contributed by atoms with Crippen LogP contribution in [-0.2, 0) is 4.79 Å². The predicted octanol–water partition coefficient (Wildman–Crippen LogP) is 1.78. The van der Waals surface area contributed by atoms with Crippen molar-refractivity contribution >= 4 is 5.91 Å². The number of rotatable bonds is 5. The summed E-state index contributed by atoms with van der Waals surface area (Å²) in [5, 5.41) is 3.03. The summed E-state index contributed by atoms with van der Waals surface area (Å²) in [6, 6.07) is 0. The molecule has 0 spiro atoms. The highest BCUT2D eigenvalue weighted by molar-refractivity contribution is 5.80. The van der Waals surface area contributed by atoms with E-state index in [9.17, 15) is 4.79 Å². The quantitative estimate of drug-likeness (QED) is 0.722. The minimum atomic E-state index is 0.288. The summed E-state index contributed by atoms with van der Waals surface area (Å²) in [6.07, 6.45) is 8.83. The molecule has 1 saturated carbocycles. The SMILES string of the molecule is O=C(NCCCN1CCCCCC1)C1CC1. The molecule has 1 aliphatic carbocycles. The summed E-state index contributed by atoms with van der Waals surface area (Å²) in [6.45, 7) is 4.55. The Labute approximate surface area is 98.6 Å². The van der Waals surface area contributed by atoms with E-state index in [-0.39, 0.29) is 5.91 Å². The van der Waals surface area contributed by atoms with E-state index < -0.39 is 0 Å². The van der Waals surface area contributed by atoms with Crippen LogP contribution in [0.4, 0.5) is 0 Å². The molecule has 0 bridgehead atoms. The van der Waals surface area contributed by atoms with Gasteiger partial charge in [-0.15, -0.1) is 0 Å². The van der Waals surface area contributed by atoms with Gasteiger partial charge in [-0.05, 0) is 51.7 Å². The smallest absolute Gasteiger partial charge is 0.223 e. The lowest BCUT2D eigenvalue weighted by Gasteiger charge is -2.19. The van der Waals surface area contributed by atoms with Gasteiger partial charge in [0.1, 0.15) is 0 Å². The Morgan fingerprint density at radius 3 is 2.44 bits per heavy atom. The van der Waals surface area contributed by atoms with Gasteiger partial charge in [-0.2, -0.15) is 0 Å². The molecule has 2 aliphatic rings. The van der Waals surface area contributed by atoms with Crippen LogP contribution in [0.1, 0.15) is 44.9 Å². The molecule has 3 nitrogen and oxygen atoms in total. The van der Waals surface area contributed by atoms with Gasteiger partial charge < -0.3 is 10.2 Å². The Hall–Kier alpha value is -0.570. The van der Waals surface area contributed by atoms with Gasteiger partial charge in [0.2, 0.25) is 5.91 Å². The topological polar surface area (TPSA) is 32.3 Å². The Kier molecular flexibility index (Phi) is 4.64. The van der Waals surface area contributed by atoms with Gasteiger partial charge in [-0.25, -0.2) is 0 Å². The zero-order valence-electron chi connectivity index (χ0n) is 10.2. The minimum absolute atomic E-state index is 0.288. The van der Waals surface area contributed by atoms with Crippen LogP contribution in [0, 0.1) is 5.92 Å². The lowest BCUT2D eigenvalue weighted by atomic mass is 10.2. The van der Waals surface area contributed by atoms with Crippen molar-refractivity contribution in [2.45, 2.75) is 44.9 Å². The summed E-state index contributed by atoms with van der Waals surface area (Å²) in [7, 11) is 0. The van der Waals surface area contributed by atoms with E-state index in [0.717, 1.165) is 32.4 Å². The van der Waals surface area contributed by atoms with Gasteiger partial charge >= 0.3 is 0 Å². The zero-order chi connectivity index (χ0) is 11.2. The van der Waals surface area contributed by atoms with E-state index in [1.54, 1.807) is 0 Å². The van der Waals surface area contributed by atoms with Gasteiger partial charge in [0.15, 0.2) is 0 Å². The van der Waals surface area contributed by atoms with E-state index in [0.29, 0.717) is 5.92 Å². The third-order valence-corrected chi connectivity index (χ3v) is 3.60. The first-order chi connectivity index (χ1) is 7.86. The number of hydrogen-bond acceptors (Lipinski definition) is 2. The van der Waals surface area contributed by atoms with E-state index in [1.807, 2.05) is 0 Å². The summed E-state index contributed by atoms with van der Waals surface area (Å²) in [5.41, 5.74) is 0. The molecule has 2 fully saturated rings. The fraction of sp³-hybridized carbons (Fsp3) is 0.923. The van der Waals surface area contributed by atoms with E-state index in [2.05, 4.69) is 10.2 Å². The second kappa shape index (κ2) is 6.24. The van der Waals surface area contributed by atoms with E-state index in [4.69, 9.17) is 0 Å². The first-order valence-electron chi connectivity index (χ1n) is 6.86. The van der Waals surface area contributed by atoms with Crippen LogP contribution in [0.25, 0.3) is 0 Å². The average molecular weight is 224 g/mol. The van der Waals surface area contributed by atoms with Crippen molar-refractivity contribution in [3.05, 3.63) is 0 Å². The number of carbonyl (C=O) groups excluding carboxylic acids is 1. The van der Waals surface area contributed by atoms with Crippen LogP contribution >= 0.6 is 0 Å². The Morgan fingerprint density at radius 1 is 1.12 bits per heavy atom. The van der Waals surface area contributed by atoms with Gasteiger partial charge in [0, 0.05) is 12.5 Å². The van der Waals surface area contributed by atoms with Gasteiger partial charge in [-0.1, -0.05) is 12.8 Å². The third-order valence-electron chi connectivity index (χ3n) is 3.60. The number of likely N-dealkylation sites (tertiary alicyclic amines) is 1. The van der Waals surface area contributed by atoms with Crippen molar-refractivity contribution in [1.29, 1.82) is 0 Å². The lowest BCUT2D eigenvalue weighted by molar-refractivity contribution is -0.122. The molecule has 92 valence electrons. The Balaban J connectivity index is 1.51. The van der Waals surface area contributed by atoms with Crippen molar-refractivity contribution in [3.63, 3.8) is 0 Å². The number of nitrogens with one attached hydrogen (secondary N) is 1. The molecule has 1 heterocycles. The maximum Gasteiger partial charge on any atom is 0.223 e. The predicted molar refractivity (Wildman–Crippen MR) is 65.3 cm³/mol. The molecule has 1 saturated heterocycles. The highest BCUT2D eigenvalue weighted by Crippen LogP contribution is 2.28. The molecule has 3 heteroatoms. The molecule has 2 rings (SSSR count).